The number of rotatable bonds is 4. The van der Waals surface area contributed by atoms with E-state index in [1.54, 1.807) is 18.5 Å². The number of thiophene rings is 1. The Morgan fingerprint density at radius 2 is 2.27 bits per heavy atom. The van der Waals surface area contributed by atoms with Gasteiger partial charge in [0.25, 0.3) is 10.0 Å². The van der Waals surface area contributed by atoms with Gasteiger partial charge < -0.3 is 0 Å². The molecule has 1 aromatic rings. The van der Waals surface area contributed by atoms with Crippen LogP contribution in [-0.4, -0.2) is 25.8 Å². The van der Waals surface area contributed by atoms with Crippen molar-refractivity contribution in [3.63, 3.8) is 0 Å². The molecule has 15 heavy (non-hydrogen) atoms. The topological polar surface area (TPSA) is 37.4 Å². The van der Waals surface area contributed by atoms with E-state index < -0.39 is 10.0 Å². The van der Waals surface area contributed by atoms with Crippen LogP contribution < -0.4 is 0 Å². The summed E-state index contributed by atoms with van der Waals surface area (Å²) in [6.45, 7) is 0. The van der Waals surface area contributed by atoms with E-state index in [1.165, 1.54) is 15.6 Å². The molecule has 0 amide bonds. The van der Waals surface area contributed by atoms with Crippen LogP contribution in [0.5, 0.6) is 0 Å². The van der Waals surface area contributed by atoms with Gasteiger partial charge in [-0.3, -0.25) is 0 Å². The van der Waals surface area contributed by atoms with Crippen LogP contribution in [0.15, 0.2) is 15.7 Å². The number of hydrogen-bond acceptors (Lipinski definition) is 3. The summed E-state index contributed by atoms with van der Waals surface area (Å²) < 4.78 is 25.9. The molecule has 1 aromatic heterocycles. The predicted octanol–water partition coefficient (Wildman–Crippen LogP) is 2.27. The highest BCUT2D eigenvalue weighted by Gasteiger charge is 2.35. The Labute approximate surface area is 98.7 Å². The van der Waals surface area contributed by atoms with Crippen LogP contribution in [0.2, 0.25) is 0 Å². The highest BCUT2D eigenvalue weighted by atomic mass is 35.5. The largest absolute Gasteiger partial charge is 0.252 e. The summed E-state index contributed by atoms with van der Waals surface area (Å²) in [5.41, 5.74) is 0.865. The molecule has 0 bridgehead atoms. The maximum atomic E-state index is 12.0. The predicted molar refractivity (Wildman–Crippen MR) is 61.8 cm³/mol. The van der Waals surface area contributed by atoms with Crippen molar-refractivity contribution in [2.45, 2.75) is 29.0 Å². The van der Waals surface area contributed by atoms with Crippen LogP contribution in [0.1, 0.15) is 18.4 Å². The van der Waals surface area contributed by atoms with Crippen molar-refractivity contribution in [3.05, 3.63) is 17.0 Å². The van der Waals surface area contributed by atoms with Crippen molar-refractivity contribution in [1.29, 1.82) is 0 Å². The zero-order valence-corrected chi connectivity index (χ0v) is 10.7. The lowest BCUT2D eigenvalue weighted by atomic mass is 10.4. The number of alkyl halides is 1. The fourth-order valence-electron chi connectivity index (χ4n) is 1.33. The normalized spacial score (nSPS) is 17.3. The lowest BCUT2D eigenvalue weighted by Crippen LogP contribution is -2.28. The molecule has 0 aromatic carbocycles. The molecule has 84 valence electrons. The van der Waals surface area contributed by atoms with Crippen molar-refractivity contribution in [1.82, 2.24) is 4.31 Å². The minimum atomic E-state index is -3.27. The average molecular weight is 266 g/mol. The quantitative estimate of drug-likeness (QED) is 0.784. The van der Waals surface area contributed by atoms with E-state index >= 15 is 0 Å². The van der Waals surface area contributed by atoms with Gasteiger partial charge in [0, 0.05) is 19.0 Å². The third kappa shape index (κ3) is 2.20. The molecule has 0 aliphatic heterocycles. The monoisotopic (exact) mass is 265 g/mol. The minimum Gasteiger partial charge on any atom is -0.206 e. The zero-order valence-electron chi connectivity index (χ0n) is 8.31. The Balaban J connectivity index is 2.27. The van der Waals surface area contributed by atoms with E-state index in [1.807, 2.05) is 0 Å². The van der Waals surface area contributed by atoms with Crippen LogP contribution in [0.3, 0.4) is 0 Å². The van der Waals surface area contributed by atoms with Gasteiger partial charge in [-0.2, -0.15) is 4.31 Å². The Morgan fingerprint density at radius 3 is 2.73 bits per heavy atom. The summed E-state index contributed by atoms with van der Waals surface area (Å²) in [7, 11) is -1.63. The lowest BCUT2D eigenvalue weighted by Gasteiger charge is -2.14. The molecule has 2 rings (SSSR count). The third-order valence-corrected chi connectivity index (χ3v) is 6.16. The SMILES string of the molecule is CN(C1CC1)S(=O)(=O)c1cc(CCl)cs1. The van der Waals surface area contributed by atoms with Crippen molar-refractivity contribution >= 4 is 33.0 Å². The number of hydrogen-bond donors (Lipinski definition) is 0. The maximum absolute atomic E-state index is 12.0. The van der Waals surface area contributed by atoms with Crippen LogP contribution >= 0.6 is 22.9 Å². The van der Waals surface area contributed by atoms with Gasteiger partial charge in [-0.15, -0.1) is 22.9 Å². The molecule has 0 atom stereocenters. The van der Waals surface area contributed by atoms with E-state index in [9.17, 15) is 8.42 Å². The molecule has 0 N–H and O–H groups in total. The highest BCUT2D eigenvalue weighted by Crippen LogP contribution is 2.32. The first-order valence-corrected chi connectivity index (χ1v) is 7.52. The van der Waals surface area contributed by atoms with Crippen molar-refractivity contribution in [2.24, 2.45) is 0 Å². The van der Waals surface area contributed by atoms with Crippen molar-refractivity contribution in [3.8, 4) is 0 Å². The molecule has 0 spiro atoms. The van der Waals surface area contributed by atoms with Gasteiger partial charge in [0.1, 0.15) is 4.21 Å². The summed E-state index contributed by atoms with van der Waals surface area (Å²) in [6, 6.07) is 1.86. The van der Waals surface area contributed by atoms with E-state index in [4.69, 9.17) is 11.6 Å². The Bertz CT molecular complexity index is 450. The molecule has 1 saturated carbocycles. The Morgan fingerprint density at radius 1 is 1.60 bits per heavy atom. The summed E-state index contributed by atoms with van der Waals surface area (Å²) in [5.74, 6) is 0.360. The summed E-state index contributed by atoms with van der Waals surface area (Å²) in [6.07, 6.45) is 1.95. The van der Waals surface area contributed by atoms with E-state index in [2.05, 4.69) is 0 Å². The summed E-state index contributed by atoms with van der Waals surface area (Å²) in [4.78, 5) is 0. The second-order valence-corrected chi connectivity index (χ2v) is 7.06. The molecule has 1 heterocycles. The van der Waals surface area contributed by atoms with Crippen molar-refractivity contribution in [2.75, 3.05) is 7.05 Å². The summed E-state index contributed by atoms with van der Waals surface area (Å²) >= 11 is 6.88. The fraction of sp³-hybridized carbons (Fsp3) is 0.556. The average Bonchev–Trinajstić information content (AvgIpc) is 2.93. The Hall–Kier alpha value is -0.100. The van der Waals surface area contributed by atoms with Crippen LogP contribution in [0, 0.1) is 0 Å². The number of sulfonamides is 1. The van der Waals surface area contributed by atoms with Crippen molar-refractivity contribution < 1.29 is 8.42 Å². The van der Waals surface area contributed by atoms with Crippen LogP contribution in [0.25, 0.3) is 0 Å². The first kappa shape index (κ1) is 11.4. The third-order valence-electron chi connectivity index (χ3n) is 2.48. The van der Waals surface area contributed by atoms with E-state index in [0.717, 1.165) is 18.4 Å². The minimum absolute atomic E-state index is 0.205. The standard InChI is InChI=1S/C9H12ClNO2S2/c1-11(8-2-3-8)15(12,13)9-4-7(5-10)6-14-9/h4,6,8H,2-3,5H2,1H3. The van der Waals surface area contributed by atoms with Gasteiger partial charge in [-0.05, 0) is 29.9 Å². The second kappa shape index (κ2) is 4.05. The molecule has 0 unspecified atom stereocenters. The van der Waals surface area contributed by atoms with Crippen LogP contribution in [0.4, 0.5) is 0 Å². The lowest BCUT2D eigenvalue weighted by molar-refractivity contribution is 0.466. The van der Waals surface area contributed by atoms with Gasteiger partial charge in [0.2, 0.25) is 0 Å². The smallest absolute Gasteiger partial charge is 0.206 e. The van der Waals surface area contributed by atoms with Gasteiger partial charge in [0.15, 0.2) is 0 Å². The van der Waals surface area contributed by atoms with Gasteiger partial charge >= 0.3 is 0 Å². The molecule has 6 heteroatoms. The van der Waals surface area contributed by atoms with E-state index in [-0.39, 0.29) is 6.04 Å². The molecular weight excluding hydrogens is 254 g/mol. The molecule has 1 fully saturated rings. The molecule has 1 aliphatic rings. The number of halogens is 1. The molecular formula is C9H12ClNO2S2. The highest BCUT2D eigenvalue weighted by molar-refractivity contribution is 7.91. The molecule has 3 nitrogen and oxygen atoms in total. The molecule has 1 aliphatic carbocycles. The van der Waals surface area contributed by atoms with Crippen LogP contribution in [-0.2, 0) is 15.9 Å². The van der Waals surface area contributed by atoms with Gasteiger partial charge in [-0.1, -0.05) is 0 Å². The molecule has 0 radical (unpaired) electrons. The fourth-order valence-corrected chi connectivity index (χ4v) is 4.39. The van der Waals surface area contributed by atoms with Gasteiger partial charge in [0.05, 0.1) is 0 Å². The second-order valence-electron chi connectivity index (χ2n) is 3.66. The van der Waals surface area contributed by atoms with Gasteiger partial charge in [-0.25, -0.2) is 8.42 Å². The maximum Gasteiger partial charge on any atom is 0.252 e. The number of nitrogens with zero attached hydrogens (tertiary/aromatic N) is 1. The molecule has 0 saturated heterocycles. The Kier molecular flexibility index (Phi) is 3.07. The van der Waals surface area contributed by atoms with E-state index in [0.29, 0.717) is 10.1 Å². The summed E-state index contributed by atoms with van der Waals surface area (Å²) in [5, 5.41) is 1.79. The first-order chi connectivity index (χ1) is 7.05. The zero-order chi connectivity index (χ0) is 11.1. The first-order valence-electron chi connectivity index (χ1n) is 4.67.